The quantitative estimate of drug-likeness (QED) is 0.719. The van der Waals surface area contributed by atoms with Crippen LogP contribution in [0.2, 0.25) is 0 Å². The van der Waals surface area contributed by atoms with Gasteiger partial charge in [0.25, 0.3) is 0 Å². The summed E-state index contributed by atoms with van der Waals surface area (Å²) in [6, 6.07) is 0. The third kappa shape index (κ3) is 3.27. The molecule has 1 fully saturated rings. The van der Waals surface area contributed by atoms with Crippen molar-refractivity contribution in [3.8, 4) is 0 Å². The van der Waals surface area contributed by atoms with Crippen molar-refractivity contribution in [3.05, 3.63) is 0 Å². The van der Waals surface area contributed by atoms with Crippen molar-refractivity contribution >= 4 is 0 Å². The van der Waals surface area contributed by atoms with Crippen LogP contribution in [-0.2, 0) is 0 Å². The molecule has 1 heteroatoms. The predicted octanol–water partition coefficient (Wildman–Crippen LogP) is 3.58. The van der Waals surface area contributed by atoms with Gasteiger partial charge in [-0.05, 0) is 42.9 Å². The highest BCUT2D eigenvalue weighted by Crippen LogP contribution is 2.44. The van der Waals surface area contributed by atoms with Crippen LogP contribution in [-0.4, -0.2) is 5.54 Å². The van der Waals surface area contributed by atoms with Crippen LogP contribution in [0, 0.1) is 17.3 Å². The molecule has 0 aromatic heterocycles. The first-order chi connectivity index (χ1) is 6.22. The Hall–Kier alpha value is -0.0400. The number of hydrogen-bond donors (Lipinski definition) is 1. The lowest BCUT2D eigenvalue weighted by Crippen LogP contribution is -2.49. The molecule has 14 heavy (non-hydrogen) atoms. The lowest BCUT2D eigenvalue weighted by Gasteiger charge is -2.46. The molecule has 0 heterocycles. The molecule has 1 saturated carbocycles. The van der Waals surface area contributed by atoms with Gasteiger partial charge >= 0.3 is 0 Å². The molecule has 0 amide bonds. The van der Waals surface area contributed by atoms with Gasteiger partial charge in [0, 0.05) is 5.54 Å². The van der Waals surface area contributed by atoms with Crippen molar-refractivity contribution in [2.24, 2.45) is 23.0 Å². The molecule has 0 saturated heterocycles. The summed E-state index contributed by atoms with van der Waals surface area (Å²) in [4.78, 5) is 0. The van der Waals surface area contributed by atoms with Crippen LogP contribution in [0.4, 0.5) is 0 Å². The van der Waals surface area contributed by atoms with E-state index in [2.05, 4.69) is 34.6 Å². The molecule has 0 spiro atoms. The van der Waals surface area contributed by atoms with Crippen molar-refractivity contribution in [1.29, 1.82) is 0 Å². The highest BCUT2D eigenvalue weighted by atomic mass is 14.8. The Labute approximate surface area is 89.5 Å². The maximum atomic E-state index is 6.53. The Kier molecular flexibility index (Phi) is 3.30. The fourth-order valence-corrected chi connectivity index (χ4v) is 3.78. The topological polar surface area (TPSA) is 26.0 Å². The molecule has 0 aromatic rings. The molecule has 1 nitrogen and oxygen atoms in total. The zero-order chi connectivity index (χ0) is 11.0. The minimum absolute atomic E-state index is 0.106. The van der Waals surface area contributed by atoms with E-state index in [4.69, 9.17) is 5.73 Å². The van der Waals surface area contributed by atoms with Crippen LogP contribution in [0.25, 0.3) is 0 Å². The Bertz CT molecular complexity index is 191. The molecule has 0 unspecified atom stereocenters. The van der Waals surface area contributed by atoms with Crippen molar-refractivity contribution in [1.82, 2.24) is 0 Å². The lowest BCUT2D eigenvalue weighted by atomic mass is 9.63. The van der Waals surface area contributed by atoms with Crippen molar-refractivity contribution < 1.29 is 0 Å². The molecule has 1 rings (SSSR count). The fourth-order valence-electron chi connectivity index (χ4n) is 3.78. The number of hydrogen-bond acceptors (Lipinski definition) is 1. The summed E-state index contributed by atoms with van der Waals surface area (Å²) in [6.07, 6.45) is 4.93. The largest absolute Gasteiger partial charge is 0.325 e. The van der Waals surface area contributed by atoms with Gasteiger partial charge in [0.05, 0.1) is 0 Å². The first kappa shape index (κ1) is 12.0. The minimum Gasteiger partial charge on any atom is -0.325 e. The molecular formula is C13H27N. The summed E-state index contributed by atoms with van der Waals surface area (Å²) in [5.41, 5.74) is 7.08. The van der Waals surface area contributed by atoms with Crippen LogP contribution >= 0.6 is 0 Å². The van der Waals surface area contributed by atoms with E-state index in [1.165, 1.54) is 25.7 Å². The third-order valence-electron chi connectivity index (χ3n) is 3.30. The average molecular weight is 197 g/mol. The van der Waals surface area contributed by atoms with E-state index in [1.54, 1.807) is 0 Å². The first-order valence-corrected chi connectivity index (χ1v) is 6.01. The van der Waals surface area contributed by atoms with Crippen molar-refractivity contribution in [3.63, 3.8) is 0 Å². The van der Waals surface area contributed by atoms with E-state index in [0.717, 1.165) is 11.8 Å². The van der Waals surface area contributed by atoms with E-state index in [0.29, 0.717) is 5.41 Å². The Morgan fingerprint density at radius 3 is 2.29 bits per heavy atom. The molecule has 84 valence electrons. The van der Waals surface area contributed by atoms with Crippen LogP contribution in [0.1, 0.15) is 60.3 Å². The smallest absolute Gasteiger partial charge is 0.0164 e. The Balaban J connectivity index is 2.68. The molecule has 0 bridgehead atoms. The summed E-state index contributed by atoms with van der Waals surface area (Å²) in [5, 5.41) is 0. The van der Waals surface area contributed by atoms with Gasteiger partial charge < -0.3 is 5.73 Å². The molecule has 1 aliphatic carbocycles. The third-order valence-corrected chi connectivity index (χ3v) is 3.30. The molecular weight excluding hydrogens is 170 g/mol. The zero-order valence-corrected chi connectivity index (χ0v) is 10.6. The summed E-state index contributed by atoms with van der Waals surface area (Å²) < 4.78 is 0. The SMILES string of the molecule is CC(C)C[C@@]1(N)C[C@@H](C)CC(C)(C)C1. The monoisotopic (exact) mass is 197 g/mol. The van der Waals surface area contributed by atoms with Gasteiger partial charge in [-0.25, -0.2) is 0 Å². The van der Waals surface area contributed by atoms with Gasteiger partial charge in [-0.15, -0.1) is 0 Å². The molecule has 0 radical (unpaired) electrons. The average Bonchev–Trinajstić information content (AvgIpc) is 1.74. The van der Waals surface area contributed by atoms with Gasteiger partial charge in [-0.1, -0.05) is 34.6 Å². The highest BCUT2D eigenvalue weighted by molar-refractivity contribution is 4.96. The van der Waals surface area contributed by atoms with Gasteiger partial charge in [0.15, 0.2) is 0 Å². The molecule has 0 aromatic carbocycles. The maximum absolute atomic E-state index is 6.53. The maximum Gasteiger partial charge on any atom is 0.0164 e. The van der Waals surface area contributed by atoms with Crippen LogP contribution in [0.15, 0.2) is 0 Å². The summed E-state index contributed by atoms with van der Waals surface area (Å²) in [6.45, 7) is 11.6. The first-order valence-electron chi connectivity index (χ1n) is 6.01. The Morgan fingerprint density at radius 2 is 1.86 bits per heavy atom. The lowest BCUT2D eigenvalue weighted by molar-refractivity contribution is 0.0935. The molecule has 0 aliphatic heterocycles. The van der Waals surface area contributed by atoms with Crippen LogP contribution in [0.5, 0.6) is 0 Å². The highest BCUT2D eigenvalue weighted by Gasteiger charge is 2.40. The van der Waals surface area contributed by atoms with E-state index in [-0.39, 0.29) is 5.54 Å². The van der Waals surface area contributed by atoms with Gasteiger partial charge in [0.2, 0.25) is 0 Å². The van der Waals surface area contributed by atoms with Gasteiger partial charge in [-0.2, -0.15) is 0 Å². The second-order valence-corrected chi connectivity index (χ2v) is 6.81. The normalized spacial score (nSPS) is 37.5. The second kappa shape index (κ2) is 3.84. The van der Waals surface area contributed by atoms with E-state index in [1.807, 2.05) is 0 Å². The molecule has 1 aliphatic rings. The minimum atomic E-state index is 0.106. The molecule has 2 N–H and O–H groups in total. The summed E-state index contributed by atoms with van der Waals surface area (Å²) in [5.74, 6) is 1.52. The second-order valence-electron chi connectivity index (χ2n) is 6.81. The van der Waals surface area contributed by atoms with Crippen LogP contribution < -0.4 is 5.73 Å². The summed E-state index contributed by atoms with van der Waals surface area (Å²) >= 11 is 0. The van der Waals surface area contributed by atoms with Crippen molar-refractivity contribution in [2.45, 2.75) is 65.8 Å². The van der Waals surface area contributed by atoms with E-state index >= 15 is 0 Å². The molecule has 2 atom stereocenters. The van der Waals surface area contributed by atoms with Crippen molar-refractivity contribution in [2.75, 3.05) is 0 Å². The standard InChI is InChI=1S/C13H27N/c1-10(2)6-13(14)8-11(3)7-12(4,5)9-13/h10-11H,6-9,14H2,1-5H3/t11-,13+/m0/s1. The summed E-state index contributed by atoms with van der Waals surface area (Å²) in [7, 11) is 0. The number of rotatable bonds is 2. The van der Waals surface area contributed by atoms with E-state index in [9.17, 15) is 0 Å². The Morgan fingerprint density at radius 1 is 1.29 bits per heavy atom. The van der Waals surface area contributed by atoms with Gasteiger partial charge in [-0.3, -0.25) is 0 Å². The van der Waals surface area contributed by atoms with Crippen LogP contribution in [0.3, 0.4) is 0 Å². The van der Waals surface area contributed by atoms with E-state index < -0.39 is 0 Å². The number of nitrogens with two attached hydrogens (primary N) is 1. The fraction of sp³-hybridized carbons (Fsp3) is 1.00. The van der Waals surface area contributed by atoms with Gasteiger partial charge in [0.1, 0.15) is 0 Å². The predicted molar refractivity (Wildman–Crippen MR) is 63.2 cm³/mol. The zero-order valence-electron chi connectivity index (χ0n) is 10.6.